The zero-order valence-corrected chi connectivity index (χ0v) is 12.8. The first-order valence-corrected chi connectivity index (χ1v) is 8.35. The van der Waals surface area contributed by atoms with Gasteiger partial charge in [-0.05, 0) is 36.8 Å². The van der Waals surface area contributed by atoms with Crippen molar-refractivity contribution in [3.05, 3.63) is 23.5 Å². The fourth-order valence-electron chi connectivity index (χ4n) is 2.45. The van der Waals surface area contributed by atoms with Crippen molar-refractivity contribution in [3.63, 3.8) is 0 Å². The predicted molar refractivity (Wildman–Crippen MR) is 75.6 cm³/mol. The number of rotatable bonds is 3. The van der Waals surface area contributed by atoms with Crippen molar-refractivity contribution in [3.8, 4) is 0 Å². The topological polar surface area (TPSA) is 50.3 Å². The quantitative estimate of drug-likeness (QED) is 0.807. The highest BCUT2D eigenvalue weighted by Gasteiger charge is 2.30. The van der Waals surface area contributed by atoms with Gasteiger partial charge in [0.1, 0.15) is 10.0 Å². The van der Waals surface area contributed by atoms with Gasteiger partial charge in [-0.3, -0.25) is 0 Å². The minimum absolute atomic E-state index is 0.222. The maximum atomic E-state index is 12.4. The molecule has 0 spiro atoms. The third-order valence-corrected chi connectivity index (χ3v) is 5.89. The van der Waals surface area contributed by atoms with Crippen LogP contribution in [0.2, 0.25) is 5.15 Å². The molecule has 0 N–H and O–H groups in total. The average molecular weight is 303 g/mol. The molecule has 0 radical (unpaired) electrons. The Hall–Kier alpha value is -0.650. The van der Waals surface area contributed by atoms with E-state index in [1.54, 1.807) is 4.31 Å². The van der Waals surface area contributed by atoms with Gasteiger partial charge >= 0.3 is 0 Å². The van der Waals surface area contributed by atoms with E-state index in [0.29, 0.717) is 30.1 Å². The van der Waals surface area contributed by atoms with Gasteiger partial charge in [0.05, 0.1) is 0 Å². The van der Waals surface area contributed by atoms with Gasteiger partial charge in [-0.2, -0.15) is 4.31 Å². The second-order valence-corrected chi connectivity index (χ2v) is 7.63. The second-order valence-electron chi connectivity index (χ2n) is 5.30. The minimum Gasteiger partial charge on any atom is -0.243 e. The molecule has 106 valence electrons. The van der Waals surface area contributed by atoms with Crippen LogP contribution in [0, 0.1) is 11.8 Å². The summed E-state index contributed by atoms with van der Waals surface area (Å²) in [5, 5.41) is 0.303. The number of nitrogens with zero attached hydrogens (tertiary/aromatic N) is 2. The summed E-state index contributed by atoms with van der Waals surface area (Å²) in [6.45, 7) is 5.57. The number of aromatic nitrogens is 1. The van der Waals surface area contributed by atoms with Crippen LogP contribution in [0.5, 0.6) is 0 Å². The molecule has 1 fully saturated rings. The first kappa shape index (κ1) is 14.8. The Kier molecular flexibility index (Phi) is 4.48. The lowest BCUT2D eigenvalue weighted by Gasteiger charge is -2.33. The molecule has 2 heterocycles. The molecule has 1 saturated heterocycles. The summed E-state index contributed by atoms with van der Waals surface area (Å²) in [7, 11) is -3.42. The van der Waals surface area contributed by atoms with Crippen LogP contribution in [0.25, 0.3) is 0 Å². The molecule has 1 aliphatic heterocycles. The van der Waals surface area contributed by atoms with Gasteiger partial charge in [0.15, 0.2) is 0 Å². The lowest BCUT2D eigenvalue weighted by atomic mass is 9.87. The summed E-state index contributed by atoms with van der Waals surface area (Å²) in [6, 6.07) is 3.02. The van der Waals surface area contributed by atoms with Crippen LogP contribution in [0.15, 0.2) is 23.2 Å². The molecule has 19 heavy (non-hydrogen) atoms. The molecule has 1 aromatic heterocycles. The Morgan fingerprint density at radius 2 is 1.95 bits per heavy atom. The Morgan fingerprint density at radius 1 is 1.32 bits per heavy atom. The van der Waals surface area contributed by atoms with E-state index < -0.39 is 10.0 Å². The van der Waals surface area contributed by atoms with Gasteiger partial charge in [-0.25, -0.2) is 13.4 Å². The van der Waals surface area contributed by atoms with Crippen molar-refractivity contribution < 1.29 is 8.42 Å². The molecule has 4 nitrogen and oxygen atoms in total. The van der Waals surface area contributed by atoms with E-state index in [9.17, 15) is 8.42 Å². The Balaban J connectivity index is 2.12. The van der Waals surface area contributed by atoms with Gasteiger partial charge in [0, 0.05) is 19.3 Å². The van der Waals surface area contributed by atoms with Gasteiger partial charge < -0.3 is 0 Å². The molecule has 0 saturated carbocycles. The van der Waals surface area contributed by atoms with E-state index in [4.69, 9.17) is 11.6 Å². The smallest absolute Gasteiger partial charge is 0.243 e. The summed E-state index contributed by atoms with van der Waals surface area (Å²) >= 11 is 5.68. The highest BCUT2D eigenvalue weighted by molar-refractivity contribution is 7.89. The molecule has 0 bridgehead atoms. The van der Waals surface area contributed by atoms with E-state index in [0.717, 1.165) is 12.8 Å². The highest BCUT2D eigenvalue weighted by Crippen LogP contribution is 2.28. The molecule has 0 atom stereocenters. The summed E-state index contributed by atoms with van der Waals surface area (Å²) in [5.74, 6) is 1.23. The first-order valence-electron chi connectivity index (χ1n) is 6.53. The van der Waals surface area contributed by atoms with Crippen LogP contribution in [-0.2, 0) is 10.0 Å². The molecule has 2 rings (SSSR count). The van der Waals surface area contributed by atoms with E-state index in [1.165, 1.54) is 18.3 Å². The van der Waals surface area contributed by atoms with Crippen molar-refractivity contribution in [2.75, 3.05) is 13.1 Å². The van der Waals surface area contributed by atoms with Gasteiger partial charge in [0.2, 0.25) is 10.0 Å². The molecule has 0 unspecified atom stereocenters. The van der Waals surface area contributed by atoms with Crippen LogP contribution in [0.4, 0.5) is 0 Å². The van der Waals surface area contributed by atoms with Crippen LogP contribution in [0.3, 0.4) is 0 Å². The summed E-state index contributed by atoms with van der Waals surface area (Å²) < 4.78 is 26.4. The van der Waals surface area contributed by atoms with Crippen LogP contribution >= 0.6 is 11.6 Å². The summed E-state index contributed by atoms with van der Waals surface area (Å²) in [6.07, 6.45) is 3.18. The molecular formula is C13H19ClN2O2S. The standard InChI is InChI=1S/C13H19ClN2O2S/c1-10(2)11-5-7-16(8-6-11)19(17,18)12-3-4-13(14)15-9-12/h3-4,9-11H,5-8H2,1-2H3. The van der Waals surface area contributed by atoms with Gasteiger partial charge in [-0.15, -0.1) is 0 Å². The lowest BCUT2D eigenvalue weighted by Crippen LogP contribution is -2.39. The molecule has 0 aromatic carbocycles. The fourth-order valence-corrected chi connectivity index (χ4v) is 3.97. The van der Waals surface area contributed by atoms with E-state index in [2.05, 4.69) is 18.8 Å². The molecule has 1 aromatic rings. The number of halogens is 1. The van der Waals surface area contributed by atoms with E-state index in [-0.39, 0.29) is 4.90 Å². The Labute approximate surface area is 119 Å². The number of hydrogen-bond acceptors (Lipinski definition) is 3. The van der Waals surface area contributed by atoms with Crippen molar-refractivity contribution >= 4 is 21.6 Å². The molecular weight excluding hydrogens is 284 g/mol. The predicted octanol–water partition coefficient (Wildman–Crippen LogP) is 2.79. The third kappa shape index (κ3) is 3.27. The largest absolute Gasteiger partial charge is 0.244 e. The van der Waals surface area contributed by atoms with Crippen molar-refractivity contribution in [2.45, 2.75) is 31.6 Å². The highest BCUT2D eigenvalue weighted by atomic mass is 35.5. The summed E-state index contributed by atoms with van der Waals surface area (Å²) in [4.78, 5) is 4.07. The van der Waals surface area contributed by atoms with Gasteiger partial charge in [0.25, 0.3) is 0 Å². The zero-order chi connectivity index (χ0) is 14.0. The minimum atomic E-state index is -3.42. The van der Waals surface area contributed by atoms with Gasteiger partial charge in [-0.1, -0.05) is 25.4 Å². The number of piperidine rings is 1. The number of sulfonamides is 1. The fraction of sp³-hybridized carbons (Fsp3) is 0.615. The maximum absolute atomic E-state index is 12.4. The third-order valence-electron chi connectivity index (χ3n) is 3.78. The van der Waals surface area contributed by atoms with Crippen molar-refractivity contribution in [1.29, 1.82) is 0 Å². The second kappa shape index (κ2) is 5.77. The lowest BCUT2D eigenvalue weighted by molar-refractivity contribution is 0.226. The molecule has 1 aliphatic rings. The van der Waals surface area contributed by atoms with E-state index in [1.807, 2.05) is 0 Å². The van der Waals surface area contributed by atoms with E-state index >= 15 is 0 Å². The maximum Gasteiger partial charge on any atom is 0.244 e. The average Bonchev–Trinajstić information content (AvgIpc) is 2.39. The van der Waals surface area contributed by atoms with Crippen molar-refractivity contribution in [1.82, 2.24) is 9.29 Å². The van der Waals surface area contributed by atoms with Crippen LogP contribution < -0.4 is 0 Å². The van der Waals surface area contributed by atoms with Crippen LogP contribution in [0.1, 0.15) is 26.7 Å². The normalized spacial score (nSPS) is 18.9. The zero-order valence-electron chi connectivity index (χ0n) is 11.2. The summed E-state index contributed by atoms with van der Waals surface area (Å²) in [5.41, 5.74) is 0. The molecule has 0 amide bonds. The molecule has 6 heteroatoms. The SMILES string of the molecule is CC(C)C1CCN(S(=O)(=O)c2ccc(Cl)nc2)CC1. The van der Waals surface area contributed by atoms with Crippen LogP contribution in [-0.4, -0.2) is 30.8 Å². The Morgan fingerprint density at radius 3 is 2.42 bits per heavy atom. The Bertz CT molecular complexity index is 520. The monoisotopic (exact) mass is 302 g/mol. The molecule has 0 aliphatic carbocycles. The number of pyridine rings is 1. The first-order chi connectivity index (χ1) is 8.91. The van der Waals surface area contributed by atoms with Crippen molar-refractivity contribution in [2.24, 2.45) is 11.8 Å². The number of hydrogen-bond donors (Lipinski definition) is 0.